The van der Waals surface area contributed by atoms with Gasteiger partial charge in [-0.25, -0.2) is 0 Å². The summed E-state index contributed by atoms with van der Waals surface area (Å²) in [7, 11) is 1.08. The zero-order valence-electron chi connectivity index (χ0n) is 9.38. The lowest BCUT2D eigenvalue weighted by Gasteiger charge is -2.12. The number of unbranched alkanes of at least 4 members (excludes halogenated alkanes) is 1. The largest absolute Gasteiger partial charge is 0.107 e. The molecule has 2 aliphatic heterocycles. The lowest BCUT2D eigenvalue weighted by molar-refractivity contribution is 0.895. The van der Waals surface area contributed by atoms with Gasteiger partial charge in [0.25, 0.3) is 0 Å². The van der Waals surface area contributed by atoms with Crippen molar-refractivity contribution in [3.05, 3.63) is 0 Å². The van der Waals surface area contributed by atoms with Crippen LogP contribution in [0.3, 0.4) is 0 Å². The molecule has 0 aromatic carbocycles. The van der Waals surface area contributed by atoms with Crippen LogP contribution in [0.1, 0.15) is 38.5 Å². The average Bonchev–Trinajstić information content (AvgIpc) is 2.86. The molecule has 14 heavy (non-hydrogen) atoms. The fourth-order valence-electron chi connectivity index (χ4n) is 2.68. The molecule has 0 saturated carbocycles. The van der Waals surface area contributed by atoms with E-state index in [1.54, 1.807) is 75.5 Å². The van der Waals surface area contributed by atoms with Crippen molar-refractivity contribution in [2.24, 2.45) is 0 Å². The highest BCUT2D eigenvalue weighted by molar-refractivity contribution is 7.58. The molecule has 0 N–H and O–H groups in total. The second-order valence-corrected chi connectivity index (χ2v) is 10.2. The minimum atomic E-state index is 0.538. The molecule has 0 spiro atoms. The van der Waals surface area contributed by atoms with Crippen molar-refractivity contribution in [3.8, 4) is 0 Å². The molecule has 82 valence electrons. The molecule has 2 fully saturated rings. The minimum absolute atomic E-state index is 0.538. The van der Waals surface area contributed by atoms with Crippen molar-refractivity contribution < 1.29 is 0 Å². The van der Waals surface area contributed by atoms with Gasteiger partial charge in [-0.1, -0.05) is 0 Å². The summed E-state index contributed by atoms with van der Waals surface area (Å²) < 4.78 is 0. The predicted molar refractivity (Wildman–Crippen MR) is 70.7 cm³/mol. The van der Waals surface area contributed by atoms with Gasteiger partial charge in [-0.05, 0) is 75.5 Å². The second kappa shape index (κ2) is 6.44. The van der Waals surface area contributed by atoms with Crippen LogP contribution < -0.4 is 0 Å². The van der Waals surface area contributed by atoms with E-state index in [1.165, 1.54) is 0 Å². The van der Waals surface area contributed by atoms with Gasteiger partial charge in [0.15, 0.2) is 0 Å². The third-order valence-corrected chi connectivity index (χ3v) is 9.29. The van der Waals surface area contributed by atoms with Gasteiger partial charge < -0.3 is 0 Å². The standard InChI is InChI=1S/C12H24P2/c1-2-8-13(7-1)11-5-6-12-14-9-3-4-10-14/h1-12H2. The van der Waals surface area contributed by atoms with Crippen LogP contribution in [0.5, 0.6) is 0 Å². The highest BCUT2D eigenvalue weighted by Gasteiger charge is 2.15. The highest BCUT2D eigenvalue weighted by atomic mass is 31.1. The molecule has 0 unspecified atom stereocenters. The Bertz CT molecular complexity index is 128. The summed E-state index contributed by atoms with van der Waals surface area (Å²) in [6.45, 7) is 0. The van der Waals surface area contributed by atoms with E-state index < -0.39 is 0 Å². The van der Waals surface area contributed by atoms with Crippen molar-refractivity contribution in [3.63, 3.8) is 0 Å². The topological polar surface area (TPSA) is 0 Å². The van der Waals surface area contributed by atoms with Crippen molar-refractivity contribution in [1.82, 2.24) is 0 Å². The van der Waals surface area contributed by atoms with Gasteiger partial charge in [-0.3, -0.25) is 0 Å². The molecule has 2 saturated heterocycles. The molecule has 2 rings (SSSR count). The maximum Gasteiger partial charge on any atom is -0.0326 e. The summed E-state index contributed by atoms with van der Waals surface area (Å²) in [5.41, 5.74) is 0. The van der Waals surface area contributed by atoms with Crippen LogP contribution in [0.15, 0.2) is 0 Å². The lowest BCUT2D eigenvalue weighted by Crippen LogP contribution is -1.91. The van der Waals surface area contributed by atoms with Gasteiger partial charge in [-0.2, -0.15) is 0 Å². The fraction of sp³-hybridized carbons (Fsp3) is 1.00. The summed E-state index contributed by atoms with van der Waals surface area (Å²) in [5, 5.41) is 0. The first kappa shape index (κ1) is 11.3. The number of rotatable bonds is 5. The van der Waals surface area contributed by atoms with E-state index in [9.17, 15) is 0 Å². The summed E-state index contributed by atoms with van der Waals surface area (Å²) in [6, 6.07) is 0. The smallest absolute Gasteiger partial charge is 0.0326 e. The van der Waals surface area contributed by atoms with Crippen molar-refractivity contribution in [2.75, 3.05) is 37.0 Å². The summed E-state index contributed by atoms with van der Waals surface area (Å²) >= 11 is 0. The van der Waals surface area contributed by atoms with Crippen LogP contribution in [0.4, 0.5) is 0 Å². The Morgan fingerprint density at radius 3 is 1.29 bits per heavy atom. The number of hydrogen-bond acceptors (Lipinski definition) is 0. The molecule has 0 aromatic heterocycles. The van der Waals surface area contributed by atoms with E-state index in [4.69, 9.17) is 0 Å². The predicted octanol–water partition coefficient (Wildman–Crippen LogP) is 4.32. The monoisotopic (exact) mass is 230 g/mol. The van der Waals surface area contributed by atoms with Crippen LogP contribution in [0, 0.1) is 0 Å². The van der Waals surface area contributed by atoms with Gasteiger partial charge in [0.1, 0.15) is 0 Å². The summed E-state index contributed by atoms with van der Waals surface area (Å²) in [4.78, 5) is 0. The maximum absolute atomic E-state index is 1.62. The van der Waals surface area contributed by atoms with Gasteiger partial charge in [0.05, 0.1) is 0 Å². The van der Waals surface area contributed by atoms with Gasteiger partial charge >= 0.3 is 0 Å². The second-order valence-electron chi connectivity index (χ2n) is 4.80. The first-order valence-corrected chi connectivity index (χ1v) is 10.2. The Kier molecular flexibility index (Phi) is 5.22. The van der Waals surface area contributed by atoms with Crippen LogP contribution in [-0.4, -0.2) is 37.0 Å². The van der Waals surface area contributed by atoms with E-state index in [-0.39, 0.29) is 0 Å². The quantitative estimate of drug-likeness (QED) is 0.487. The average molecular weight is 230 g/mol. The normalized spacial score (nSPS) is 24.9. The molecule has 0 amide bonds. The Morgan fingerprint density at radius 1 is 0.571 bits per heavy atom. The van der Waals surface area contributed by atoms with Crippen molar-refractivity contribution in [2.45, 2.75) is 38.5 Å². The maximum atomic E-state index is 1.62. The Labute approximate surface area is 91.7 Å². The molecule has 0 atom stereocenters. The van der Waals surface area contributed by atoms with E-state index >= 15 is 0 Å². The first-order valence-electron chi connectivity index (χ1n) is 6.40. The molecular formula is C12H24P2. The Morgan fingerprint density at radius 2 is 0.929 bits per heavy atom. The minimum Gasteiger partial charge on any atom is -0.107 e. The van der Waals surface area contributed by atoms with E-state index in [1.807, 2.05) is 0 Å². The Balaban J connectivity index is 1.46. The fourth-order valence-corrected chi connectivity index (χ4v) is 8.05. The molecule has 2 heteroatoms. The van der Waals surface area contributed by atoms with Gasteiger partial charge in [0.2, 0.25) is 0 Å². The summed E-state index contributed by atoms with van der Waals surface area (Å²) in [5.74, 6) is 0. The Hall–Kier alpha value is 0.860. The van der Waals surface area contributed by atoms with Gasteiger partial charge in [-0.15, -0.1) is 15.8 Å². The van der Waals surface area contributed by atoms with Crippen molar-refractivity contribution >= 4 is 15.8 Å². The SMILES string of the molecule is C1CCP(CCCCP2CCCC2)C1. The van der Waals surface area contributed by atoms with Crippen LogP contribution in [0.2, 0.25) is 0 Å². The van der Waals surface area contributed by atoms with E-state index in [0.29, 0.717) is 15.8 Å². The first-order chi connectivity index (χ1) is 6.95. The number of hydrogen-bond donors (Lipinski definition) is 0. The summed E-state index contributed by atoms with van der Waals surface area (Å²) in [6.07, 6.45) is 19.1. The van der Waals surface area contributed by atoms with Crippen LogP contribution in [-0.2, 0) is 0 Å². The van der Waals surface area contributed by atoms with Crippen LogP contribution >= 0.6 is 15.8 Å². The molecule has 0 aromatic rings. The zero-order chi connectivity index (χ0) is 9.64. The molecule has 0 radical (unpaired) electrons. The van der Waals surface area contributed by atoms with E-state index in [0.717, 1.165) is 0 Å². The molecule has 0 aliphatic carbocycles. The highest BCUT2D eigenvalue weighted by Crippen LogP contribution is 2.46. The third kappa shape index (κ3) is 3.79. The molecule has 2 aliphatic rings. The van der Waals surface area contributed by atoms with Gasteiger partial charge in [0, 0.05) is 0 Å². The molecule has 0 bridgehead atoms. The van der Waals surface area contributed by atoms with Crippen LogP contribution in [0.25, 0.3) is 0 Å². The zero-order valence-corrected chi connectivity index (χ0v) is 11.2. The molecule has 0 nitrogen and oxygen atoms in total. The van der Waals surface area contributed by atoms with E-state index in [2.05, 4.69) is 0 Å². The molecule has 2 heterocycles. The molecular weight excluding hydrogens is 206 g/mol. The van der Waals surface area contributed by atoms with Crippen molar-refractivity contribution in [1.29, 1.82) is 0 Å². The third-order valence-electron chi connectivity index (χ3n) is 3.60. The lowest BCUT2D eigenvalue weighted by atomic mass is 10.4.